The Morgan fingerprint density at radius 3 is 2.94 bits per heavy atom. The first-order valence-electron chi connectivity index (χ1n) is 5.57. The lowest BCUT2D eigenvalue weighted by Crippen LogP contribution is -2.32. The van der Waals surface area contributed by atoms with Crippen LogP contribution in [0.5, 0.6) is 0 Å². The molecule has 1 aromatic rings. The van der Waals surface area contributed by atoms with Gasteiger partial charge in [0.05, 0.1) is 17.4 Å². The van der Waals surface area contributed by atoms with Crippen LogP contribution in [0.25, 0.3) is 0 Å². The Morgan fingerprint density at radius 1 is 1.53 bits per heavy atom. The minimum atomic E-state index is -2.97. The Balaban J connectivity index is 1.75. The molecule has 2 heterocycles. The third kappa shape index (κ3) is 3.54. The molecule has 2 rings (SSSR count). The minimum absolute atomic E-state index is 0.0117. The van der Waals surface area contributed by atoms with Gasteiger partial charge in [0.15, 0.2) is 9.84 Å². The molecule has 0 aromatic carbocycles. The highest BCUT2D eigenvalue weighted by atomic mass is 32.2. The molecular formula is C11H15NO3S2. The molecule has 1 aliphatic rings. The number of rotatable bonds is 4. The van der Waals surface area contributed by atoms with E-state index in [2.05, 4.69) is 5.32 Å². The van der Waals surface area contributed by atoms with Crippen molar-refractivity contribution >= 4 is 27.1 Å². The predicted octanol–water partition coefficient (Wildman–Crippen LogP) is 0.841. The fourth-order valence-electron chi connectivity index (χ4n) is 1.91. The van der Waals surface area contributed by atoms with Gasteiger partial charge in [-0.3, -0.25) is 4.79 Å². The third-order valence-electron chi connectivity index (χ3n) is 2.85. The van der Waals surface area contributed by atoms with E-state index in [0.717, 1.165) is 6.42 Å². The van der Waals surface area contributed by atoms with E-state index in [0.29, 0.717) is 13.0 Å². The van der Waals surface area contributed by atoms with Crippen LogP contribution in [0.2, 0.25) is 0 Å². The quantitative estimate of drug-likeness (QED) is 0.884. The predicted molar refractivity (Wildman–Crippen MR) is 67.8 cm³/mol. The Kier molecular flexibility index (Phi) is 3.83. The second-order valence-corrected chi connectivity index (χ2v) is 7.48. The molecule has 6 heteroatoms. The molecule has 1 fully saturated rings. The molecule has 1 atom stereocenters. The summed E-state index contributed by atoms with van der Waals surface area (Å²) in [6, 6.07) is 4.00. The third-order valence-corrected chi connectivity index (χ3v) is 5.56. The van der Waals surface area contributed by atoms with Gasteiger partial charge >= 0.3 is 0 Å². The van der Waals surface area contributed by atoms with Crippen molar-refractivity contribution in [1.82, 2.24) is 5.32 Å². The summed E-state index contributed by atoms with van der Waals surface area (Å²) < 4.78 is 22.5. The second kappa shape index (κ2) is 5.18. The summed E-state index contributed by atoms with van der Waals surface area (Å²) in [5.41, 5.74) is 0. The van der Waals surface area contributed by atoms with Crippen LogP contribution in [0.15, 0.2) is 17.5 Å². The first-order valence-corrected chi connectivity index (χ1v) is 8.27. The van der Waals surface area contributed by atoms with Crippen molar-refractivity contribution in [2.24, 2.45) is 5.92 Å². The van der Waals surface area contributed by atoms with Crippen LogP contribution in [0.1, 0.15) is 11.3 Å². The van der Waals surface area contributed by atoms with Gasteiger partial charge in [-0.1, -0.05) is 6.07 Å². The molecule has 1 saturated heterocycles. The number of hydrogen-bond donors (Lipinski definition) is 1. The summed E-state index contributed by atoms with van der Waals surface area (Å²) in [5, 5.41) is 4.80. The van der Waals surface area contributed by atoms with Gasteiger partial charge in [0.1, 0.15) is 0 Å². The fraction of sp³-hybridized carbons (Fsp3) is 0.545. The maximum absolute atomic E-state index is 11.7. The molecule has 94 valence electrons. The number of carbonyl (C=O) groups excluding carboxylic acids is 1. The molecule has 0 aliphatic carbocycles. The van der Waals surface area contributed by atoms with Crippen molar-refractivity contribution in [3.05, 3.63) is 22.4 Å². The Bertz CT molecular complexity index is 479. The van der Waals surface area contributed by atoms with E-state index in [1.807, 2.05) is 17.5 Å². The Labute approximate surface area is 105 Å². The summed E-state index contributed by atoms with van der Waals surface area (Å²) in [5.74, 6) is -0.306. The van der Waals surface area contributed by atoms with Crippen LogP contribution < -0.4 is 5.32 Å². The molecule has 1 N–H and O–H groups in total. The van der Waals surface area contributed by atoms with Crippen molar-refractivity contribution in [2.45, 2.75) is 12.8 Å². The smallest absolute Gasteiger partial charge is 0.224 e. The number of nitrogens with one attached hydrogen (secondary N) is 1. The highest BCUT2D eigenvalue weighted by Crippen LogP contribution is 2.18. The number of thiophene rings is 1. The maximum atomic E-state index is 11.7. The topological polar surface area (TPSA) is 63.2 Å². The summed E-state index contributed by atoms with van der Waals surface area (Å²) in [4.78, 5) is 12.9. The molecule has 1 amide bonds. The van der Waals surface area contributed by atoms with Gasteiger partial charge in [0, 0.05) is 11.4 Å². The second-order valence-electron chi connectivity index (χ2n) is 4.22. The van der Waals surface area contributed by atoms with Gasteiger partial charge in [0.25, 0.3) is 0 Å². The standard InChI is InChI=1S/C11H15NO3S2/c13-11(9-4-7-17(14,15)8-9)12-5-3-10-2-1-6-16-10/h1-2,6,9H,3-5,7-8H2,(H,12,13). The van der Waals surface area contributed by atoms with Crippen LogP contribution in [0, 0.1) is 5.92 Å². The van der Waals surface area contributed by atoms with Gasteiger partial charge in [-0.15, -0.1) is 11.3 Å². The van der Waals surface area contributed by atoms with Crippen molar-refractivity contribution in [3.8, 4) is 0 Å². The Morgan fingerprint density at radius 2 is 2.35 bits per heavy atom. The molecule has 0 spiro atoms. The highest BCUT2D eigenvalue weighted by molar-refractivity contribution is 7.91. The molecule has 4 nitrogen and oxygen atoms in total. The van der Waals surface area contributed by atoms with E-state index in [4.69, 9.17) is 0 Å². The lowest BCUT2D eigenvalue weighted by Gasteiger charge is -2.08. The van der Waals surface area contributed by atoms with Crippen molar-refractivity contribution in [2.75, 3.05) is 18.1 Å². The first-order chi connectivity index (χ1) is 8.07. The number of amides is 1. The van der Waals surface area contributed by atoms with Crippen LogP contribution >= 0.6 is 11.3 Å². The van der Waals surface area contributed by atoms with Crippen LogP contribution in [-0.4, -0.2) is 32.4 Å². The van der Waals surface area contributed by atoms with E-state index in [1.165, 1.54) is 4.88 Å². The average molecular weight is 273 g/mol. The molecule has 1 unspecified atom stereocenters. The van der Waals surface area contributed by atoms with Gasteiger partial charge < -0.3 is 5.32 Å². The first kappa shape index (κ1) is 12.6. The molecule has 1 aliphatic heterocycles. The van der Waals surface area contributed by atoms with E-state index in [1.54, 1.807) is 11.3 Å². The zero-order valence-electron chi connectivity index (χ0n) is 9.39. The summed E-state index contributed by atoms with van der Waals surface area (Å²) in [6.45, 7) is 0.579. The number of sulfone groups is 1. The van der Waals surface area contributed by atoms with E-state index >= 15 is 0 Å². The zero-order chi connectivity index (χ0) is 12.3. The monoisotopic (exact) mass is 273 g/mol. The summed E-state index contributed by atoms with van der Waals surface area (Å²) in [7, 11) is -2.97. The average Bonchev–Trinajstić information content (AvgIpc) is 2.87. The van der Waals surface area contributed by atoms with Crippen LogP contribution in [-0.2, 0) is 21.1 Å². The van der Waals surface area contributed by atoms with Crippen molar-refractivity contribution in [3.63, 3.8) is 0 Å². The molecular weight excluding hydrogens is 258 g/mol. The van der Waals surface area contributed by atoms with Crippen molar-refractivity contribution < 1.29 is 13.2 Å². The molecule has 0 saturated carbocycles. The maximum Gasteiger partial charge on any atom is 0.224 e. The minimum Gasteiger partial charge on any atom is -0.355 e. The Hall–Kier alpha value is -0.880. The SMILES string of the molecule is O=C(NCCc1cccs1)C1CCS(=O)(=O)C1. The molecule has 0 radical (unpaired) electrons. The lowest BCUT2D eigenvalue weighted by molar-refractivity contribution is -0.124. The summed E-state index contributed by atoms with van der Waals surface area (Å²) in [6.07, 6.45) is 1.27. The molecule has 0 bridgehead atoms. The van der Waals surface area contributed by atoms with Crippen molar-refractivity contribution in [1.29, 1.82) is 0 Å². The van der Waals surface area contributed by atoms with E-state index in [9.17, 15) is 13.2 Å². The zero-order valence-corrected chi connectivity index (χ0v) is 11.0. The largest absolute Gasteiger partial charge is 0.355 e. The van der Waals surface area contributed by atoms with E-state index in [-0.39, 0.29) is 23.3 Å². The van der Waals surface area contributed by atoms with Gasteiger partial charge in [-0.2, -0.15) is 0 Å². The highest BCUT2D eigenvalue weighted by Gasteiger charge is 2.32. The lowest BCUT2D eigenvalue weighted by atomic mass is 10.1. The molecule has 17 heavy (non-hydrogen) atoms. The fourth-order valence-corrected chi connectivity index (χ4v) is 4.36. The number of carbonyl (C=O) groups is 1. The van der Waals surface area contributed by atoms with Crippen LogP contribution in [0.4, 0.5) is 0 Å². The van der Waals surface area contributed by atoms with Gasteiger partial charge in [-0.25, -0.2) is 8.42 Å². The normalized spacial score (nSPS) is 22.5. The summed E-state index contributed by atoms with van der Waals surface area (Å²) >= 11 is 1.66. The molecule has 1 aromatic heterocycles. The van der Waals surface area contributed by atoms with Gasteiger partial charge in [-0.05, 0) is 24.3 Å². The van der Waals surface area contributed by atoms with Gasteiger partial charge in [0.2, 0.25) is 5.91 Å². The number of hydrogen-bond acceptors (Lipinski definition) is 4. The van der Waals surface area contributed by atoms with E-state index < -0.39 is 9.84 Å². The van der Waals surface area contributed by atoms with Crippen LogP contribution in [0.3, 0.4) is 0 Å².